The van der Waals surface area contributed by atoms with Crippen LogP contribution in [0, 0.1) is 11.8 Å². The first-order valence-electron chi connectivity index (χ1n) is 23.1. The summed E-state index contributed by atoms with van der Waals surface area (Å²) >= 11 is 0. The number of esters is 2. The minimum Gasteiger partial charge on any atom is -0.462 e. The number of carbonyl (C=O) groups excluding carboxylic acids is 3. The van der Waals surface area contributed by atoms with E-state index in [1.807, 2.05) is 0 Å². The molecule has 16 nitrogen and oxygen atoms in total. The van der Waals surface area contributed by atoms with Crippen molar-refractivity contribution in [3.8, 4) is 0 Å². The van der Waals surface area contributed by atoms with Crippen molar-refractivity contribution in [1.82, 2.24) is 0 Å². The summed E-state index contributed by atoms with van der Waals surface area (Å²) < 4.78 is 47.8. The van der Waals surface area contributed by atoms with E-state index in [4.69, 9.17) is 23.8 Å². The summed E-state index contributed by atoms with van der Waals surface area (Å²) in [6.07, 6.45) is 31.1. The first-order chi connectivity index (χ1) is 30.6. The second-order valence-electron chi connectivity index (χ2n) is 16.1. The topological polar surface area (TPSA) is 253 Å². The van der Waals surface area contributed by atoms with Crippen molar-refractivity contribution < 1.29 is 76.6 Å². The number of Topliss-reactive ketones (excluding diaryl/α,β-unsaturated/α-hetero) is 1. The van der Waals surface area contributed by atoms with Gasteiger partial charge in [0.1, 0.15) is 18.5 Å². The Morgan fingerprint density at radius 1 is 0.703 bits per heavy atom. The second kappa shape index (κ2) is 36.5. The summed E-state index contributed by atoms with van der Waals surface area (Å²) in [5, 5.41) is 30.5. The number of phosphoric ester groups is 2. The fraction of sp³-hybridized carbons (Fsp3) is 0.717. The van der Waals surface area contributed by atoms with E-state index in [0.717, 1.165) is 70.6 Å². The van der Waals surface area contributed by atoms with Gasteiger partial charge in [0, 0.05) is 31.1 Å². The van der Waals surface area contributed by atoms with Gasteiger partial charge in [-0.3, -0.25) is 28.0 Å². The summed E-state index contributed by atoms with van der Waals surface area (Å²) in [7, 11) is -9.79. The molecule has 0 spiro atoms. The molecule has 0 bridgehead atoms. The van der Waals surface area contributed by atoms with Crippen LogP contribution in [0.2, 0.25) is 0 Å². The van der Waals surface area contributed by atoms with Crippen LogP contribution in [0.1, 0.15) is 149 Å². The number of ether oxygens (including phenoxy) is 2. The standard InChI is InChI=1S/C46H78O16P2/c1-3-5-7-8-9-10-11-12-13-14-15-16-17-18-19-20-25-29-45(51)58-36-40(37-61-64(56,57)60-35-39(48)34-59-63(53,54)55)62-46(52)30-26-22-21-24-28-41-42(44(50)33-43(41)49)32-31-38(47)27-23-6-4-2/h5,7,9-10,12-13,15-16,31-32,38-42,44,47-48,50H,3-4,6,8,11,14,17-30,33-37H2,1-2H3,(H,56,57)(H2,53,54,55)/b7-5-,10-9-,13-12-,16-15-,32-31+/t38-,39-,40+,41+,42+,44+/m0/s1. The molecule has 1 saturated carbocycles. The molecule has 7 atom stereocenters. The molecule has 0 radical (unpaired) electrons. The van der Waals surface area contributed by atoms with Gasteiger partial charge in [0.05, 0.1) is 32.0 Å². The van der Waals surface area contributed by atoms with Crippen molar-refractivity contribution in [3.63, 3.8) is 0 Å². The lowest BCUT2D eigenvalue weighted by Crippen LogP contribution is -2.30. The summed E-state index contributed by atoms with van der Waals surface area (Å²) in [5.74, 6) is -1.92. The predicted octanol–water partition coefficient (Wildman–Crippen LogP) is 8.60. The van der Waals surface area contributed by atoms with E-state index in [1.54, 1.807) is 12.2 Å². The number of allylic oxidation sites excluding steroid dienone is 8. The smallest absolute Gasteiger partial charge is 0.462 e. The predicted molar refractivity (Wildman–Crippen MR) is 245 cm³/mol. The monoisotopic (exact) mass is 948 g/mol. The normalized spacial score (nSPS) is 19.7. The van der Waals surface area contributed by atoms with Crippen LogP contribution in [0.15, 0.2) is 60.8 Å². The highest BCUT2D eigenvalue weighted by atomic mass is 31.2. The molecule has 0 aliphatic heterocycles. The van der Waals surface area contributed by atoms with Gasteiger partial charge < -0.3 is 39.5 Å². The van der Waals surface area contributed by atoms with E-state index in [1.165, 1.54) is 0 Å². The number of aliphatic hydroxyl groups excluding tert-OH is 3. The summed E-state index contributed by atoms with van der Waals surface area (Å²) in [6, 6.07) is 0. The van der Waals surface area contributed by atoms with Crippen LogP contribution < -0.4 is 0 Å². The molecule has 6 N–H and O–H groups in total. The highest BCUT2D eigenvalue weighted by molar-refractivity contribution is 7.47. The molecule has 0 saturated heterocycles. The van der Waals surface area contributed by atoms with E-state index in [0.29, 0.717) is 44.9 Å². The van der Waals surface area contributed by atoms with Crippen molar-refractivity contribution >= 4 is 33.4 Å². The Morgan fingerprint density at radius 2 is 1.28 bits per heavy atom. The van der Waals surface area contributed by atoms with Gasteiger partial charge in [0.2, 0.25) is 0 Å². The highest BCUT2D eigenvalue weighted by Crippen LogP contribution is 2.44. The highest BCUT2D eigenvalue weighted by Gasteiger charge is 2.39. The number of carbonyl (C=O) groups is 3. The number of rotatable bonds is 39. The lowest BCUT2D eigenvalue weighted by Gasteiger charge is -2.20. The number of aliphatic hydroxyl groups is 3. The summed E-state index contributed by atoms with van der Waals surface area (Å²) in [5.41, 5.74) is 0. The third-order valence-corrected chi connectivity index (χ3v) is 11.7. The Labute approximate surface area is 381 Å². The maximum absolute atomic E-state index is 12.8. The van der Waals surface area contributed by atoms with E-state index in [-0.39, 0.29) is 36.9 Å². The van der Waals surface area contributed by atoms with Gasteiger partial charge in [-0.05, 0) is 64.2 Å². The largest absolute Gasteiger partial charge is 0.472 e. The quantitative estimate of drug-likeness (QED) is 0.0146. The lowest BCUT2D eigenvalue weighted by molar-refractivity contribution is -0.161. The zero-order valence-corrected chi connectivity index (χ0v) is 39.9. The van der Waals surface area contributed by atoms with E-state index in [2.05, 4.69) is 71.5 Å². The van der Waals surface area contributed by atoms with Gasteiger partial charge in [-0.15, -0.1) is 0 Å². The zero-order chi connectivity index (χ0) is 47.5. The summed E-state index contributed by atoms with van der Waals surface area (Å²) in [6.45, 7) is 1.24. The van der Waals surface area contributed by atoms with Gasteiger partial charge in [0.15, 0.2) is 6.10 Å². The fourth-order valence-corrected chi connectivity index (χ4v) is 7.92. The average molecular weight is 949 g/mol. The molecule has 0 aromatic rings. The first-order valence-corrected chi connectivity index (χ1v) is 26.1. The number of unbranched alkanes of at least 4 members (excludes halogenated alkanes) is 9. The average Bonchev–Trinajstić information content (AvgIpc) is 3.51. The van der Waals surface area contributed by atoms with Gasteiger partial charge in [-0.2, -0.15) is 0 Å². The van der Waals surface area contributed by atoms with E-state index in [9.17, 15) is 43.7 Å². The molecule has 1 fully saturated rings. The van der Waals surface area contributed by atoms with Crippen molar-refractivity contribution in [3.05, 3.63) is 60.8 Å². The Balaban J connectivity index is 2.55. The van der Waals surface area contributed by atoms with Crippen molar-refractivity contribution in [1.29, 1.82) is 0 Å². The molecule has 0 amide bonds. The van der Waals surface area contributed by atoms with Crippen LogP contribution in [-0.4, -0.2) is 98.6 Å². The molecule has 1 aliphatic carbocycles. The van der Waals surface area contributed by atoms with Crippen LogP contribution in [0.25, 0.3) is 0 Å². The van der Waals surface area contributed by atoms with Crippen molar-refractivity contribution in [2.24, 2.45) is 11.8 Å². The molecule has 64 heavy (non-hydrogen) atoms. The summed E-state index contributed by atoms with van der Waals surface area (Å²) in [4.78, 5) is 65.6. The number of hydrogen-bond donors (Lipinski definition) is 6. The van der Waals surface area contributed by atoms with E-state index >= 15 is 0 Å². The lowest BCUT2D eigenvalue weighted by atomic mass is 9.88. The van der Waals surface area contributed by atoms with Crippen molar-refractivity contribution in [2.45, 2.75) is 173 Å². The van der Waals surface area contributed by atoms with Gasteiger partial charge in [-0.1, -0.05) is 126 Å². The van der Waals surface area contributed by atoms with Crippen LogP contribution >= 0.6 is 15.6 Å². The van der Waals surface area contributed by atoms with Crippen LogP contribution in [0.3, 0.4) is 0 Å². The van der Waals surface area contributed by atoms with E-state index < -0.39 is 78.4 Å². The Kier molecular flexibility index (Phi) is 33.9. The second-order valence-corrected chi connectivity index (χ2v) is 18.8. The number of ketones is 1. The number of phosphoric acid groups is 2. The number of hydrogen-bond acceptors (Lipinski definition) is 13. The molecular formula is C46H78O16P2. The van der Waals surface area contributed by atoms with Gasteiger partial charge in [-0.25, -0.2) is 9.13 Å². The van der Waals surface area contributed by atoms with Crippen molar-refractivity contribution in [2.75, 3.05) is 26.4 Å². The Bertz CT molecular complexity index is 1520. The minimum atomic E-state index is -4.90. The Morgan fingerprint density at radius 3 is 1.92 bits per heavy atom. The minimum absolute atomic E-state index is 0.00318. The molecule has 1 rings (SSSR count). The zero-order valence-electron chi connectivity index (χ0n) is 38.1. The SMILES string of the molecule is CC/C=C\C/C=C\C/C=C\C/C=C\CCCCCCC(=O)OC[C@H](COP(=O)(O)OC[C@@H](O)COP(=O)(O)O)OC(=O)CCCCCC[C@H]1C(=O)C[C@@H](O)[C@@H]1/C=C/[C@@H](O)CCCCC. The van der Waals surface area contributed by atoms with Crippen LogP contribution in [-0.2, 0) is 46.6 Å². The van der Waals surface area contributed by atoms with Gasteiger partial charge in [0.25, 0.3) is 0 Å². The molecule has 0 aromatic carbocycles. The fourth-order valence-electron chi connectivity index (χ4n) is 6.76. The molecule has 0 aromatic heterocycles. The van der Waals surface area contributed by atoms with Crippen LogP contribution in [0.4, 0.5) is 0 Å². The van der Waals surface area contributed by atoms with Gasteiger partial charge >= 0.3 is 27.6 Å². The third kappa shape index (κ3) is 33.0. The molecule has 1 aliphatic rings. The molecular weight excluding hydrogens is 870 g/mol. The molecule has 368 valence electrons. The molecule has 1 unspecified atom stereocenters. The third-order valence-electron chi connectivity index (χ3n) is 10.3. The molecule has 18 heteroatoms. The molecule has 0 heterocycles. The Hall–Kier alpha value is -2.59. The maximum Gasteiger partial charge on any atom is 0.472 e. The first kappa shape index (κ1) is 59.4. The van der Waals surface area contributed by atoms with Crippen LogP contribution in [0.5, 0.6) is 0 Å². The maximum atomic E-state index is 12.8.